The molecule has 1 rings (SSSR count). The Labute approximate surface area is 147 Å². The van der Waals surface area contributed by atoms with Crippen LogP contribution in [0.1, 0.15) is 33.6 Å². The smallest absolute Gasteiger partial charge is 0.223 e. The maximum Gasteiger partial charge on any atom is 0.223 e. The summed E-state index contributed by atoms with van der Waals surface area (Å²) in [6.45, 7) is 7.00. The second kappa shape index (κ2) is 10.1. The fourth-order valence-corrected chi connectivity index (χ4v) is 2.70. The highest BCUT2D eigenvalue weighted by atomic mass is 79.9. The van der Waals surface area contributed by atoms with E-state index in [0.717, 1.165) is 16.6 Å². The standard InChI is InChI=1S/C16H25BrN2O2.ClH/c1-12(2)10-16(3,11-18)19-15(20)8-9-21-14-7-5-4-6-13(14)17;/h4-7,12H,8-11,18H2,1-3H3,(H,19,20);1H. The van der Waals surface area contributed by atoms with Crippen molar-refractivity contribution in [1.82, 2.24) is 5.32 Å². The Balaban J connectivity index is 0.00000441. The molecule has 22 heavy (non-hydrogen) atoms. The molecule has 0 fully saturated rings. The zero-order valence-electron chi connectivity index (χ0n) is 13.4. The molecule has 0 aromatic heterocycles. The number of benzene rings is 1. The van der Waals surface area contributed by atoms with Crippen LogP contribution in [0.4, 0.5) is 0 Å². The predicted octanol–water partition coefficient (Wildman–Crippen LogP) is 3.52. The molecule has 126 valence electrons. The fraction of sp³-hybridized carbons (Fsp3) is 0.562. The Morgan fingerprint density at radius 3 is 2.59 bits per heavy atom. The third-order valence-electron chi connectivity index (χ3n) is 3.17. The number of nitrogens with two attached hydrogens (primary N) is 1. The summed E-state index contributed by atoms with van der Waals surface area (Å²) in [6, 6.07) is 7.59. The second-order valence-electron chi connectivity index (χ2n) is 5.94. The van der Waals surface area contributed by atoms with E-state index in [1.165, 1.54) is 0 Å². The summed E-state index contributed by atoms with van der Waals surface area (Å²) in [5.41, 5.74) is 5.44. The summed E-state index contributed by atoms with van der Waals surface area (Å²) < 4.78 is 6.48. The number of para-hydroxylation sites is 1. The van der Waals surface area contributed by atoms with Crippen LogP contribution in [0.15, 0.2) is 28.7 Å². The molecule has 0 bridgehead atoms. The second-order valence-corrected chi connectivity index (χ2v) is 6.79. The topological polar surface area (TPSA) is 64.3 Å². The van der Waals surface area contributed by atoms with Gasteiger partial charge in [-0.1, -0.05) is 26.0 Å². The predicted molar refractivity (Wildman–Crippen MR) is 96.6 cm³/mol. The van der Waals surface area contributed by atoms with Gasteiger partial charge in [-0.2, -0.15) is 0 Å². The van der Waals surface area contributed by atoms with E-state index in [4.69, 9.17) is 10.5 Å². The van der Waals surface area contributed by atoms with E-state index in [9.17, 15) is 4.79 Å². The third kappa shape index (κ3) is 7.47. The van der Waals surface area contributed by atoms with Crippen LogP contribution < -0.4 is 15.8 Å². The van der Waals surface area contributed by atoms with Gasteiger partial charge < -0.3 is 15.8 Å². The number of ether oxygens (including phenoxy) is 1. The van der Waals surface area contributed by atoms with Gasteiger partial charge in [0, 0.05) is 12.1 Å². The van der Waals surface area contributed by atoms with Gasteiger partial charge in [0.2, 0.25) is 5.91 Å². The van der Waals surface area contributed by atoms with E-state index in [2.05, 4.69) is 35.1 Å². The van der Waals surface area contributed by atoms with E-state index in [0.29, 0.717) is 25.5 Å². The molecule has 6 heteroatoms. The highest BCUT2D eigenvalue weighted by Gasteiger charge is 2.25. The number of hydrogen-bond donors (Lipinski definition) is 2. The number of halogens is 2. The van der Waals surface area contributed by atoms with Gasteiger partial charge in [0.05, 0.1) is 17.5 Å². The van der Waals surface area contributed by atoms with Crippen LogP contribution in [0.25, 0.3) is 0 Å². The van der Waals surface area contributed by atoms with Gasteiger partial charge in [0.1, 0.15) is 5.75 Å². The Morgan fingerprint density at radius 2 is 2.05 bits per heavy atom. The number of rotatable bonds is 8. The monoisotopic (exact) mass is 392 g/mol. The zero-order chi connectivity index (χ0) is 15.9. The third-order valence-corrected chi connectivity index (χ3v) is 3.83. The van der Waals surface area contributed by atoms with E-state index < -0.39 is 0 Å². The molecule has 0 heterocycles. The number of hydrogen-bond acceptors (Lipinski definition) is 3. The van der Waals surface area contributed by atoms with Crippen molar-refractivity contribution in [3.63, 3.8) is 0 Å². The number of carbonyl (C=O) groups excluding carboxylic acids is 1. The largest absolute Gasteiger partial charge is 0.492 e. The Hall–Kier alpha value is -0.780. The first-order chi connectivity index (χ1) is 9.86. The van der Waals surface area contributed by atoms with Crippen LogP contribution in [-0.4, -0.2) is 24.6 Å². The van der Waals surface area contributed by atoms with E-state index in [-0.39, 0.29) is 23.9 Å². The maximum absolute atomic E-state index is 12.0. The molecule has 0 radical (unpaired) electrons. The molecular weight excluding hydrogens is 368 g/mol. The summed E-state index contributed by atoms with van der Waals surface area (Å²) in [6.07, 6.45) is 1.18. The minimum Gasteiger partial charge on any atom is -0.492 e. The molecule has 1 aromatic carbocycles. The first-order valence-electron chi connectivity index (χ1n) is 7.25. The summed E-state index contributed by atoms with van der Waals surface area (Å²) in [5, 5.41) is 3.02. The van der Waals surface area contributed by atoms with Crippen molar-refractivity contribution in [2.75, 3.05) is 13.2 Å². The lowest BCUT2D eigenvalue weighted by Gasteiger charge is -2.31. The first-order valence-corrected chi connectivity index (χ1v) is 8.04. The first kappa shape index (κ1) is 21.2. The van der Waals surface area contributed by atoms with Gasteiger partial charge in [0.15, 0.2) is 0 Å². The maximum atomic E-state index is 12.0. The van der Waals surface area contributed by atoms with Gasteiger partial charge in [0.25, 0.3) is 0 Å². The van der Waals surface area contributed by atoms with Crippen LogP contribution in [0, 0.1) is 5.92 Å². The SMILES string of the molecule is CC(C)CC(C)(CN)NC(=O)CCOc1ccccc1Br.Cl. The minimum absolute atomic E-state index is 0. The quantitative estimate of drug-likeness (QED) is 0.710. The van der Waals surface area contributed by atoms with Gasteiger partial charge in [-0.05, 0) is 47.3 Å². The van der Waals surface area contributed by atoms with Crippen molar-refractivity contribution >= 4 is 34.2 Å². The molecule has 0 spiro atoms. The van der Waals surface area contributed by atoms with Crippen molar-refractivity contribution in [1.29, 1.82) is 0 Å². The molecule has 0 aliphatic heterocycles. The van der Waals surface area contributed by atoms with E-state index >= 15 is 0 Å². The number of amides is 1. The lowest BCUT2D eigenvalue weighted by molar-refractivity contribution is -0.123. The zero-order valence-corrected chi connectivity index (χ0v) is 15.8. The highest BCUT2D eigenvalue weighted by Crippen LogP contribution is 2.23. The van der Waals surface area contributed by atoms with Crippen molar-refractivity contribution < 1.29 is 9.53 Å². The van der Waals surface area contributed by atoms with E-state index in [1.807, 2.05) is 31.2 Å². The number of carbonyl (C=O) groups is 1. The lowest BCUT2D eigenvalue weighted by atomic mass is 9.90. The van der Waals surface area contributed by atoms with Gasteiger partial charge in [-0.3, -0.25) is 4.79 Å². The lowest BCUT2D eigenvalue weighted by Crippen LogP contribution is -2.52. The van der Waals surface area contributed by atoms with Crippen molar-refractivity contribution in [2.24, 2.45) is 11.7 Å². The molecule has 0 saturated heterocycles. The molecule has 3 N–H and O–H groups in total. The van der Waals surface area contributed by atoms with Crippen LogP contribution in [-0.2, 0) is 4.79 Å². The van der Waals surface area contributed by atoms with Crippen molar-refractivity contribution in [3.05, 3.63) is 28.7 Å². The summed E-state index contributed by atoms with van der Waals surface area (Å²) in [4.78, 5) is 12.0. The van der Waals surface area contributed by atoms with Crippen LogP contribution in [0.5, 0.6) is 5.75 Å². The van der Waals surface area contributed by atoms with Crippen LogP contribution in [0.3, 0.4) is 0 Å². The number of nitrogens with one attached hydrogen (secondary N) is 1. The Morgan fingerprint density at radius 1 is 1.41 bits per heavy atom. The molecule has 0 saturated carbocycles. The highest BCUT2D eigenvalue weighted by molar-refractivity contribution is 9.10. The molecule has 1 atom stereocenters. The van der Waals surface area contributed by atoms with E-state index in [1.54, 1.807) is 0 Å². The van der Waals surface area contributed by atoms with Crippen molar-refractivity contribution in [3.8, 4) is 5.75 Å². The van der Waals surface area contributed by atoms with Gasteiger partial charge >= 0.3 is 0 Å². The normalized spacial score (nSPS) is 13.2. The molecule has 4 nitrogen and oxygen atoms in total. The fourth-order valence-electron chi connectivity index (χ4n) is 2.30. The van der Waals surface area contributed by atoms with Gasteiger partial charge in [-0.25, -0.2) is 0 Å². The summed E-state index contributed by atoms with van der Waals surface area (Å²) in [5.74, 6) is 1.19. The summed E-state index contributed by atoms with van der Waals surface area (Å²) >= 11 is 3.41. The molecule has 0 aliphatic carbocycles. The van der Waals surface area contributed by atoms with Crippen molar-refractivity contribution in [2.45, 2.75) is 39.2 Å². The molecule has 1 aromatic rings. The Kier molecular flexibility index (Phi) is 9.72. The molecule has 1 unspecified atom stereocenters. The van der Waals surface area contributed by atoms with Crippen LogP contribution >= 0.6 is 28.3 Å². The average Bonchev–Trinajstić information content (AvgIpc) is 2.40. The van der Waals surface area contributed by atoms with Gasteiger partial charge in [-0.15, -0.1) is 12.4 Å². The average molecular weight is 394 g/mol. The minimum atomic E-state index is -0.349. The molecule has 0 aliphatic rings. The molecular formula is C16H26BrClN2O2. The molecule has 1 amide bonds. The van der Waals surface area contributed by atoms with Crippen LogP contribution in [0.2, 0.25) is 0 Å². The summed E-state index contributed by atoms with van der Waals surface area (Å²) in [7, 11) is 0. The Bertz CT molecular complexity index is 471.